The van der Waals surface area contributed by atoms with E-state index in [1.807, 2.05) is 37.3 Å². The fraction of sp³-hybridized carbons (Fsp3) is 0.350. The molecule has 1 atom stereocenters. The number of anilines is 1. The zero-order valence-corrected chi connectivity index (χ0v) is 14.5. The maximum Gasteiger partial charge on any atom is 0.262 e. The van der Waals surface area contributed by atoms with E-state index < -0.39 is 0 Å². The number of rotatable bonds is 8. The molecule has 0 saturated carbocycles. The van der Waals surface area contributed by atoms with Crippen LogP contribution in [0.3, 0.4) is 0 Å². The minimum atomic E-state index is -0.197. The Morgan fingerprint density at radius 1 is 1.00 bits per heavy atom. The van der Waals surface area contributed by atoms with E-state index in [1.54, 1.807) is 6.07 Å². The van der Waals surface area contributed by atoms with Crippen molar-refractivity contribution in [2.75, 3.05) is 18.5 Å². The molecule has 0 spiro atoms. The van der Waals surface area contributed by atoms with Gasteiger partial charge in [0, 0.05) is 5.69 Å². The average molecular weight is 327 g/mol. The van der Waals surface area contributed by atoms with E-state index in [0.717, 1.165) is 12.1 Å². The van der Waals surface area contributed by atoms with Crippen LogP contribution in [-0.4, -0.2) is 19.1 Å². The summed E-state index contributed by atoms with van der Waals surface area (Å²) < 4.78 is 11.0. The molecule has 0 aliphatic heterocycles. The first-order valence-corrected chi connectivity index (χ1v) is 8.38. The van der Waals surface area contributed by atoms with Crippen LogP contribution in [0.1, 0.15) is 38.7 Å². The third kappa shape index (κ3) is 5.01. The summed E-state index contributed by atoms with van der Waals surface area (Å²) in [6, 6.07) is 15.3. The van der Waals surface area contributed by atoms with Crippen LogP contribution in [0, 0.1) is 0 Å². The highest BCUT2D eigenvalue weighted by Crippen LogP contribution is 2.26. The van der Waals surface area contributed by atoms with Crippen molar-refractivity contribution in [1.29, 1.82) is 0 Å². The Morgan fingerprint density at radius 2 is 1.62 bits per heavy atom. The number of benzene rings is 2. The summed E-state index contributed by atoms with van der Waals surface area (Å²) in [6.07, 6.45) is 1.10. The van der Waals surface area contributed by atoms with E-state index in [2.05, 4.69) is 31.3 Å². The van der Waals surface area contributed by atoms with Gasteiger partial charge in [-0.05, 0) is 49.1 Å². The fourth-order valence-corrected chi connectivity index (χ4v) is 2.32. The van der Waals surface area contributed by atoms with Gasteiger partial charge in [-0.2, -0.15) is 0 Å². The second-order valence-corrected chi connectivity index (χ2v) is 5.65. The Hall–Kier alpha value is -2.49. The molecular weight excluding hydrogens is 302 g/mol. The van der Waals surface area contributed by atoms with Gasteiger partial charge < -0.3 is 14.8 Å². The lowest BCUT2D eigenvalue weighted by Gasteiger charge is -2.12. The molecule has 0 heterocycles. The third-order valence-corrected chi connectivity index (χ3v) is 3.88. The zero-order valence-electron chi connectivity index (χ0n) is 14.5. The summed E-state index contributed by atoms with van der Waals surface area (Å²) in [7, 11) is 0. The number of ether oxygens (including phenoxy) is 2. The van der Waals surface area contributed by atoms with Gasteiger partial charge in [-0.15, -0.1) is 0 Å². The van der Waals surface area contributed by atoms with Gasteiger partial charge in [0.25, 0.3) is 5.91 Å². The van der Waals surface area contributed by atoms with Crippen molar-refractivity contribution in [2.24, 2.45) is 0 Å². The topological polar surface area (TPSA) is 47.6 Å². The Labute approximate surface area is 143 Å². The highest BCUT2D eigenvalue weighted by Gasteiger charge is 2.08. The maximum absolute atomic E-state index is 12.1. The molecule has 0 aliphatic rings. The van der Waals surface area contributed by atoms with Gasteiger partial charge in [0.05, 0.1) is 6.61 Å². The van der Waals surface area contributed by atoms with E-state index in [1.165, 1.54) is 5.56 Å². The summed E-state index contributed by atoms with van der Waals surface area (Å²) in [4.78, 5) is 12.1. The molecule has 4 heteroatoms. The second kappa shape index (κ2) is 8.96. The molecule has 2 aromatic rings. The number of carbonyl (C=O) groups is 1. The van der Waals surface area contributed by atoms with Gasteiger partial charge in [-0.25, -0.2) is 0 Å². The number of para-hydroxylation sites is 2. The van der Waals surface area contributed by atoms with Crippen molar-refractivity contribution < 1.29 is 14.3 Å². The van der Waals surface area contributed by atoms with Gasteiger partial charge in [0.2, 0.25) is 0 Å². The zero-order chi connectivity index (χ0) is 17.4. The second-order valence-electron chi connectivity index (χ2n) is 5.65. The predicted molar refractivity (Wildman–Crippen MR) is 96.9 cm³/mol. The lowest BCUT2D eigenvalue weighted by Crippen LogP contribution is -2.20. The molecule has 4 nitrogen and oxygen atoms in total. The largest absolute Gasteiger partial charge is 0.490 e. The highest BCUT2D eigenvalue weighted by atomic mass is 16.5. The van der Waals surface area contributed by atoms with Crippen molar-refractivity contribution in [2.45, 2.75) is 33.1 Å². The summed E-state index contributed by atoms with van der Waals surface area (Å²) in [6.45, 7) is 6.76. The Kier molecular flexibility index (Phi) is 6.67. The molecule has 128 valence electrons. The van der Waals surface area contributed by atoms with Crippen LogP contribution in [0.4, 0.5) is 5.69 Å². The minimum Gasteiger partial charge on any atom is -0.490 e. The van der Waals surface area contributed by atoms with Gasteiger partial charge in [0.1, 0.15) is 0 Å². The average Bonchev–Trinajstić information content (AvgIpc) is 2.61. The molecule has 0 radical (unpaired) electrons. The smallest absolute Gasteiger partial charge is 0.262 e. The molecule has 1 amide bonds. The Morgan fingerprint density at radius 3 is 2.21 bits per heavy atom. The molecule has 2 aromatic carbocycles. The third-order valence-electron chi connectivity index (χ3n) is 3.88. The van der Waals surface area contributed by atoms with Crippen LogP contribution < -0.4 is 14.8 Å². The van der Waals surface area contributed by atoms with Crippen molar-refractivity contribution >= 4 is 11.6 Å². The summed E-state index contributed by atoms with van der Waals surface area (Å²) in [5.74, 6) is 1.54. The van der Waals surface area contributed by atoms with Crippen LogP contribution in [0.15, 0.2) is 48.5 Å². The minimum absolute atomic E-state index is 0.0583. The molecule has 2 rings (SSSR count). The number of hydrogen-bond acceptors (Lipinski definition) is 3. The quantitative estimate of drug-likeness (QED) is 0.770. The first-order valence-electron chi connectivity index (χ1n) is 8.38. The number of hydrogen-bond donors (Lipinski definition) is 1. The van der Waals surface area contributed by atoms with Crippen molar-refractivity contribution in [3.05, 3.63) is 54.1 Å². The van der Waals surface area contributed by atoms with Crippen molar-refractivity contribution in [3.8, 4) is 11.5 Å². The molecule has 1 unspecified atom stereocenters. The number of carbonyl (C=O) groups excluding carboxylic acids is 1. The van der Waals surface area contributed by atoms with Crippen LogP contribution in [0.2, 0.25) is 0 Å². The lowest BCUT2D eigenvalue weighted by molar-refractivity contribution is -0.118. The van der Waals surface area contributed by atoms with E-state index in [4.69, 9.17) is 9.47 Å². The highest BCUT2D eigenvalue weighted by molar-refractivity contribution is 5.91. The first-order chi connectivity index (χ1) is 11.6. The van der Waals surface area contributed by atoms with Gasteiger partial charge in [-0.1, -0.05) is 38.1 Å². The molecule has 1 N–H and O–H groups in total. The normalized spacial score (nSPS) is 11.6. The van der Waals surface area contributed by atoms with E-state index in [9.17, 15) is 4.79 Å². The summed E-state index contributed by atoms with van der Waals surface area (Å²) in [5.41, 5.74) is 2.05. The fourth-order valence-electron chi connectivity index (χ4n) is 2.32. The van der Waals surface area contributed by atoms with Crippen molar-refractivity contribution in [3.63, 3.8) is 0 Å². The van der Waals surface area contributed by atoms with Gasteiger partial charge in [0.15, 0.2) is 18.1 Å². The van der Waals surface area contributed by atoms with Crippen LogP contribution in [0.5, 0.6) is 11.5 Å². The standard InChI is InChI=1S/C20H25NO3/c1-4-15(3)16-10-12-17(13-11-16)21-20(22)14-24-19-9-7-6-8-18(19)23-5-2/h6-13,15H,4-5,14H2,1-3H3,(H,21,22). The van der Waals surface area contributed by atoms with Gasteiger partial charge in [-0.3, -0.25) is 4.79 Å². The number of nitrogens with one attached hydrogen (secondary N) is 1. The molecule has 0 bridgehead atoms. The van der Waals surface area contributed by atoms with Crippen LogP contribution in [-0.2, 0) is 4.79 Å². The summed E-state index contributed by atoms with van der Waals surface area (Å²) >= 11 is 0. The lowest BCUT2D eigenvalue weighted by atomic mass is 9.99. The van der Waals surface area contributed by atoms with Gasteiger partial charge >= 0.3 is 0 Å². The molecule has 0 aliphatic carbocycles. The molecule has 24 heavy (non-hydrogen) atoms. The number of amides is 1. The van der Waals surface area contributed by atoms with E-state index in [0.29, 0.717) is 24.0 Å². The molecule has 0 aromatic heterocycles. The SMILES string of the molecule is CCOc1ccccc1OCC(=O)Nc1ccc(C(C)CC)cc1. The van der Waals surface area contributed by atoms with E-state index >= 15 is 0 Å². The van der Waals surface area contributed by atoms with Crippen LogP contribution >= 0.6 is 0 Å². The molecule has 0 saturated heterocycles. The maximum atomic E-state index is 12.1. The van der Waals surface area contributed by atoms with Crippen molar-refractivity contribution in [1.82, 2.24) is 0 Å². The molecule has 0 fully saturated rings. The first kappa shape index (κ1) is 17.9. The molecular formula is C20H25NO3. The van der Waals surface area contributed by atoms with Crippen LogP contribution in [0.25, 0.3) is 0 Å². The summed E-state index contributed by atoms with van der Waals surface area (Å²) in [5, 5.41) is 2.84. The van der Waals surface area contributed by atoms with E-state index in [-0.39, 0.29) is 12.5 Å². The predicted octanol–water partition coefficient (Wildman–Crippen LogP) is 4.62. The Balaban J connectivity index is 1.89. The monoisotopic (exact) mass is 327 g/mol. The Bertz CT molecular complexity index is 652.